The van der Waals surface area contributed by atoms with Gasteiger partial charge in [0.05, 0.1) is 23.3 Å². The highest BCUT2D eigenvalue weighted by Gasteiger charge is 2.14. The number of hydrogen-bond acceptors (Lipinski definition) is 5. The Balaban J connectivity index is 1.52. The minimum atomic E-state index is -0.0660. The molecule has 32 heavy (non-hydrogen) atoms. The molecular formula is C25H22N4O2S. The molecule has 0 aliphatic carbocycles. The zero-order chi connectivity index (χ0) is 22.1. The molecule has 160 valence electrons. The number of aromatic nitrogens is 4. The number of rotatable bonds is 6. The molecule has 7 heteroatoms. The predicted molar refractivity (Wildman–Crippen MR) is 128 cm³/mol. The third kappa shape index (κ3) is 3.76. The number of ether oxygens (including phenoxy) is 1. The van der Waals surface area contributed by atoms with Crippen LogP contribution in [0.3, 0.4) is 0 Å². The fourth-order valence-electron chi connectivity index (χ4n) is 3.78. The first-order valence-electron chi connectivity index (χ1n) is 10.5. The number of para-hydroxylation sites is 2. The van der Waals surface area contributed by atoms with Crippen LogP contribution in [0.1, 0.15) is 18.3 Å². The van der Waals surface area contributed by atoms with Gasteiger partial charge in [0.1, 0.15) is 11.4 Å². The van der Waals surface area contributed by atoms with Gasteiger partial charge in [0.25, 0.3) is 5.56 Å². The van der Waals surface area contributed by atoms with Crippen molar-refractivity contribution >= 4 is 28.4 Å². The van der Waals surface area contributed by atoms with Crippen molar-refractivity contribution in [3.05, 3.63) is 94.5 Å². The van der Waals surface area contributed by atoms with Crippen molar-refractivity contribution in [1.29, 1.82) is 0 Å². The van der Waals surface area contributed by atoms with Crippen LogP contribution in [0.2, 0.25) is 0 Å². The van der Waals surface area contributed by atoms with Crippen LogP contribution in [0.25, 0.3) is 22.4 Å². The molecule has 0 aliphatic rings. The molecule has 5 aromatic rings. The number of aryl methyl sites for hydroxylation is 1. The zero-order valence-electron chi connectivity index (χ0n) is 17.9. The van der Waals surface area contributed by atoms with Gasteiger partial charge in [-0.25, -0.2) is 9.97 Å². The predicted octanol–water partition coefficient (Wildman–Crippen LogP) is 5.03. The fourth-order valence-corrected chi connectivity index (χ4v) is 4.71. The molecule has 2 aromatic carbocycles. The fraction of sp³-hybridized carbons (Fsp3) is 0.160. The molecule has 6 nitrogen and oxygen atoms in total. The molecule has 0 radical (unpaired) electrons. The van der Waals surface area contributed by atoms with E-state index in [4.69, 9.17) is 9.72 Å². The van der Waals surface area contributed by atoms with Gasteiger partial charge in [-0.15, -0.1) is 0 Å². The van der Waals surface area contributed by atoms with E-state index < -0.39 is 0 Å². The summed E-state index contributed by atoms with van der Waals surface area (Å²) in [5.74, 6) is 1.38. The lowest BCUT2D eigenvalue weighted by Gasteiger charge is -2.11. The van der Waals surface area contributed by atoms with Crippen molar-refractivity contribution in [3.8, 4) is 11.4 Å². The van der Waals surface area contributed by atoms with Crippen LogP contribution >= 0.6 is 11.8 Å². The van der Waals surface area contributed by atoms with Gasteiger partial charge >= 0.3 is 0 Å². The summed E-state index contributed by atoms with van der Waals surface area (Å²) >= 11 is 1.57. The van der Waals surface area contributed by atoms with E-state index in [9.17, 15) is 4.79 Å². The van der Waals surface area contributed by atoms with Crippen LogP contribution in [-0.4, -0.2) is 25.5 Å². The molecule has 3 heterocycles. The van der Waals surface area contributed by atoms with E-state index in [0.29, 0.717) is 18.0 Å². The second kappa shape index (κ2) is 8.51. The van der Waals surface area contributed by atoms with Crippen molar-refractivity contribution < 1.29 is 4.74 Å². The minimum Gasteiger partial charge on any atom is -0.494 e. The van der Waals surface area contributed by atoms with E-state index in [2.05, 4.69) is 15.6 Å². The maximum absolute atomic E-state index is 12.6. The Hall–Kier alpha value is -3.58. The number of pyridine rings is 1. The van der Waals surface area contributed by atoms with Crippen LogP contribution in [0.5, 0.6) is 5.75 Å². The summed E-state index contributed by atoms with van der Waals surface area (Å²) in [7, 11) is 0. The largest absolute Gasteiger partial charge is 0.494 e. The number of hydrogen-bond donors (Lipinski definition) is 0. The van der Waals surface area contributed by atoms with Gasteiger partial charge in [-0.05, 0) is 62.4 Å². The first-order chi connectivity index (χ1) is 15.6. The number of fused-ring (bicyclic) bond motifs is 2. The SMILES string of the molecule is CCOc1ccc(-n2c(SCc3cc(=O)n4c(C)cccc4n3)nc3ccccc32)cc1. The first-order valence-corrected chi connectivity index (χ1v) is 11.4. The van der Waals surface area contributed by atoms with E-state index >= 15 is 0 Å². The number of thioether (sulfide) groups is 1. The quantitative estimate of drug-likeness (QED) is 0.345. The molecule has 0 atom stereocenters. The summed E-state index contributed by atoms with van der Waals surface area (Å²) < 4.78 is 9.35. The molecule has 0 unspecified atom stereocenters. The molecule has 0 bridgehead atoms. The molecule has 5 rings (SSSR count). The summed E-state index contributed by atoms with van der Waals surface area (Å²) in [5, 5.41) is 0.849. The molecule has 0 N–H and O–H groups in total. The molecule has 0 aliphatic heterocycles. The van der Waals surface area contributed by atoms with Gasteiger partial charge in [0, 0.05) is 23.2 Å². The standard InChI is InChI=1S/C25H22N4O2S/c1-3-31-20-13-11-19(12-14-20)29-22-9-5-4-8-21(22)27-25(29)32-16-18-15-24(30)28-17(2)7-6-10-23(28)26-18/h4-15H,3,16H2,1-2H3. The van der Waals surface area contributed by atoms with Crippen LogP contribution in [0.4, 0.5) is 0 Å². The van der Waals surface area contributed by atoms with E-state index in [1.807, 2.05) is 74.5 Å². The second-order valence-corrected chi connectivity index (χ2v) is 8.32. The normalized spacial score (nSPS) is 11.3. The highest BCUT2D eigenvalue weighted by molar-refractivity contribution is 7.98. The Kier molecular flexibility index (Phi) is 5.41. The van der Waals surface area contributed by atoms with Crippen molar-refractivity contribution in [1.82, 2.24) is 18.9 Å². The average Bonchev–Trinajstić information content (AvgIpc) is 3.17. The summed E-state index contributed by atoms with van der Waals surface area (Å²) in [4.78, 5) is 22.2. The smallest absolute Gasteiger partial charge is 0.258 e. The van der Waals surface area contributed by atoms with Crippen LogP contribution in [0, 0.1) is 6.92 Å². The van der Waals surface area contributed by atoms with E-state index in [1.54, 1.807) is 22.2 Å². The number of benzene rings is 2. The van der Waals surface area contributed by atoms with E-state index in [0.717, 1.165) is 39.0 Å². The highest BCUT2D eigenvalue weighted by Crippen LogP contribution is 2.30. The van der Waals surface area contributed by atoms with Crippen molar-refractivity contribution in [2.24, 2.45) is 0 Å². The molecule has 0 spiro atoms. The van der Waals surface area contributed by atoms with Crippen molar-refractivity contribution in [2.75, 3.05) is 6.61 Å². The minimum absolute atomic E-state index is 0.0660. The van der Waals surface area contributed by atoms with Gasteiger partial charge in [-0.1, -0.05) is 30.0 Å². The Morgan fingerprint density at radius 2 is 1.78 bits per heavy atom. The lowest BCUT2D eigenvalue weighted by Crippen LogP contribution is -2.17. The van der Waals surface area contributed by atoms with Gasteiger partial charge in [0.2, 0.25) is 0 Å². The summed E-state index contributed by atoms with van der Waals surface area (Å²) in [6.07, 6.45) is 0. The monoisotopic (exact) mass is 442 g/mol. The highest BCUT2D eigenvalue weighted by atomic mass is 32.2. The average molecular weight is 443 g/mol. The molecule has 0 amide bonds. The maximum Gasteiger partial charge on any atom is 0.258 e. The number of imidazole rings is 1. The molecule has 0 saturated carbocycles. The number of nitrogens with zero attached hydrogens (tertiary/aromatic N) is 4. The zero-order valence-corrected chi connectivity index (χ0v) is 18.7. The third-order valence-electron chi connectivity index (χ3n) is 5.22. The first kappa shape index (κ1) is 20.3. The molecule has 3 aromatic heterocycles. The lowest BCUT2D eigenvalue weighted by molar-refractivity contribution is 0.340. The topological polar surface area (TPSA) is 61.4 Å². The van der Waals surface area contributed by atoms with Gasteiger partial charge in [-0.2, -0.15) is 0 Å². The Morgan fingerprint density at radius 1 is 0.969 bits per heavy atom. The molecular weight excluding hydrogens is 420 g/mol. The maximum atomic E-state index is 12.6. The molecule has 0 fully saturated rings. The van der Waals surface area contributed by atoms with E-state index in [-0.39, 0.29) is 5.56 Å². The lowest BCUT2D eigenvalue weighted by atomic mass is 10.2. The molecule has 0 saturated heterocycles. The Bertz CT molecular complexity index is 1470. The van der Waals surface area contributed by atoms with E-state index in [1.165, 1.54) is 0 Å². The second-order valence-electron chi connectivity index (χ2n) is 7.38. The third-order valence-corrected chi connectivity index (χ3v) is 6.19. The van der Waals surface area contributed by atoms with Crippen LogP contribution < -0.4 is 10.3 Å². The van der Waals surface area contributed by atoms with Crippen LogP contribution in [-0.2, 0) is 5.75 Å². The van der Waals surface area contributed by atoms with Gasteiger partial charge in [0.15, 0.2) is 5.16 Å². The van der Waals surface area contributed by atoms with Crippen molar-refractivity contribution in [2.45, 2.75) is 24.8 Å². The summed E-state index contributed by atoms with van der Waals surface area (Å²) in [6.45, 7) is 4.51. The van der Waals surface area contributed by atoms with Gasteiger partial charge in [-0.3, -0.25) is 13.8 Å². The van der Waals surface area contributed by atoms with Crippen molar-refractivity contribution in [3.63, 3.8) is 0 Å². The Morgan fingerprint density at radius 3 is 2.59 bits per heavy atom. The summed E-state index contributed by atoms with van der Waals surface area (Å²) in [5.41, 5.74) is 5.16. The Labute approximate surface area is 189 Å². The summed E-state index contributed by atoms with van der Waals surface area (Å²) in [6, 6.07) is 23.4. The van der Waals surface area contributed by atoms with Gasteiger partial charge < -0.3 is 4.74 Å². The van der Waals surface area contributed by atoms with Crippen LogP contribution in [0.15, 0.2) is 82.7 Å².